The maximum Gasteiger partial charge on any atom is 0.389 e. The van der Waals surface area contributed by atoms with Crippen molar-refractivity contribution >= 4 is 0 Å². The van der Waals surface area contributed by atoms with Crippen molar-refractivity contribution in [2.45, 2.75) is 63.0 Å². The number of hydrogen-bond acceptors (Lipinski definition) is 1. The van der Waals surface area contributed by atoms with Crippen molar-refractivity contribution in [1.82, 2.24) is 0 Å². The molecule has 0 bridgehead atoms. The van der Waals surface area contributed by atoms with E-state index in [1.54, 1.807) is 13.0 Å². The van der Waals surface area contributed by atoms with Crippen LogP contribution < -0.4 is 0 Å². The number of benzene rings is 1. The predicted octanol–water partition coefficient (Wildman–Crippen LogP) is 4.88. The van der Waals surface area contributed by atoms with Crippen LogP contribution in [-0.4, -0.2) is 11.3 Å². The van der Waals surface area contributed by atoms with E-state index in [1.807, 2.05) is 6.92 Å². The zero-order chi connectivity index (χ0) is 15.6. The van der Waals surface area contributed by atoms with Gasteiger partial charge >= 0.3 is 6.18 Å². The normalized spacial score (nSPS) is 22.2. The molecule has 21 heavy (non-hydrogen) atoms. The van der Waals surface area contributed by atoms with Gasteiger partial charge in [0.2, 0.25) is 0 Å². The van der Waals surface area contributed by atoms with Gasteiger partial charge in [0.1, 0.15) is 0 Å². The molecule has 0 aliphatic heterocycles. The summed E-state index contributed by atoms with van der Waals surface area (Å²) < 4.78 is 52.5. The van der Waals surface area contributed by atoms with Gasteiger partial charge in [-0.05, 0) is 49.1 Å². The molecule has 0 amide bonds. The van der Waals surface area contributed by atoms with E-state index in [4.69, 9.17) is 0 Å². The molecule has 1 aromatic rings. The number of phenols is 1. The largest absolute Gasteiger partial charge is 0.505 e. The van der Waals surface area contributed by atoms with Gasteiger partial charge in [0, 0.05) is 11.0 Å². The minimum Gasteiger partial charge on any atom is -0.505 e. The van der Waals surface area contributed by atoms with Crippen LogP contribution in [0.15, 0.2) is 6.07 Å². The Morgan fingerprint density at radius 3 is 2.14 bits per heavy atom. The first-order valence-electron chi connectivity index (χ1n) is 7.18. The molecule has 116 valence electrons. The van der Waals surface area contributed by atoms with Gasteiger partial charge in [0.15, 0.2) is 11.6 Å². The molecule has 2 fully saturated rings. The van der Waals surface area contributed by atoms with E-state index < -0.39 is 29.6 Å². The third kappa shape index (κ3) is 2.40. The summed E-state index contributed by atoms with van der Waals surface area (Å²) in [5.74, 6) is -1.36. The molecule has 1 aromatic carbocycles. The van der Waals surface area contributed by atoms with E-state index in [-0.39, 0.29) is 11.0 Å². The minimum absolute atomic E-state index is 0.144. The average molecular weight is 302 g/mol. The highest BCUT2D eigenvalue weighted by Gasteiger charge is 2.54. The quantitative estimate of drug-likeness (QED) is 0.789. The molecule has 3 rings (SSSR count). The molecular formula is C16H18F4O. The molecule has 0 saturated heterocycles. The lowest BCUT2D eigenvalue weighted by Crippen LogP contribution is -2.21. The van der Waals surface area contributed by atoms with Crippen molar-refractivity contribution in [2.24, 2.45) is 0 Å². The Balaban J connectivity index is 2.09. The zero-order valence-electron chi connectivity index (χ0n) is 12.1. The second-order valence-corrected chi connectivity index (χ2v) is 6.89. The summed E-state index contributed by atoms with van der Waals surface area (Å²) in [6, 6.07) is 1.62. The molecule has 1 nitrogen and oxygen atoms in total. The maximum atomic E-state index is 14.3. The van der Waals surface area contributed by atoms with Crippen LogP contribution in [0.1, 0.15) is 55.7 Å². The molecule has 2 aliphatic carbocycles. The summed E-state index contributed by atoms with van der Waals surface area (Å²) in [7, 11) is 0. The average Bonchev–Trinajstić information content (AvgIpc) is 3.25. The van der Waals surface area contributed by atoms with Crippen molar-refractivity contribution < 1.29 is 22.7 Å². The fourth-order valence-corrected chi connectivity index (χ4v) is 3.30. The highest BCUT2D eigenvalue weighted by Crippen LogP contribution is 2.59. The Bertz CT molecular complexity index is 595. The van der Waals surface area contributed by atoms with E-state index in [9.17, 15) is 22.7 Å². The van der Waals surface area contributed by atoms with E-state index in [2.05, 4.69) is 0 Å². The summed E-state index contributed by atoms with van der Waals surface area (Å²) in [6.07, 6.45) is -2.80. The molecule has 0 spiro atoms. The number of hydrogen-bond donors (Lipinski definition) is 1. The number of alkyl halides is 3. The van der Waals surface area contributed by atoms with Crippen LogP contribution in [0.3, 0.4) is 0 Å². The summed E-state index contributed by atoms with van der Waals surface area (Å²) in [5.41, 5.74) is -0.0233. The molecule has 2 saturated carbocycles. The third-order valence-corrected chi connectivity index (χ3v) is 5.10. The molecular weight excluding hydrogens is 284 g/mol. The number of halogens is 4. The Morgan fingerprint density at radius 2 is 1.71 bits per heavy atom. The lowest BCUT2D eigenvalue weighted by Gasteiger charge is -2.23. The highest BCUT2D eigenvalue weighted by molar-refractivity contribution is 5.52. The van der Waals surface area contributed by atoms with Crippen LogP contribution in [0.5, 0.6) is 5.75 Å². The molecule has 0 unspecified atom stereocenters. The van der Waals surface area contributed by atoms with E-state index in [1.165, 1.54) is 0 Å². The summed E-state index contributed by atoms with van der Waals surface area (Å²) in [5, 5.41) is 10.0. The van der Waals surface area contributed by atoms with Crippen molar-refractivity contribution in [1.29, 1.82) is 0 Å². The topological polar surface area (TPSA) is 20.2 Å². The fourth-order valence-electron chi connectivity index (χ4n) is 3.30. The summed E-state index contributed by atoms with van der Waals surface area (Å²) in [6.45, 7) is 3.57. The van der Waals surface area contributed by atoms with Crippen molar-refractivity contribution in [3.05, 3.63) is 28.6 Å². The summed E-state index contributed by atoms with van der Waals surface area (Å²) >= 11 is 0. The first-order valence-corrected chi connectivity index (χ1v) is 7.18. The van der Waals surface area contributed by atoms with Gasteiger partial charge in [-0.3, -0.25) is 0 Å². The van der Waals surface area contributed by atoms with Crippen LogP contribution in [0, 0.1) is 12.7 Å². The highest BCUT2D eigenvalue weighted by atomic mass is 19.4. The van der Waals surface area contributed by atoms with Crippen LogP contribution in [0.25, 0.3) is 0 Å². The van der Waals surface area contributed by atoms with Gasteiger partial charge < -0.3 is 5.11 Å². The molecule has 0 heterocycles. The van der Waals surface area contributed by atoms with E-state index in [0.717, 1.165) is 18.4 Å². The Labute approximate surface area is 121 Å². The lowest BCUT2D eigenvalue weighted by atomic mass is 9.84. The van der Waals surface area contributed by atoms with Crippen LogP contribution in [0.2, 0.25) is 0 Å². The van der Waals surface area contributed by atoms with Gasteiger partial charge in [-0.15, -0.1) is 0 Å². The lowest BCUT2D eigenvalue weighted by molar-refractivity contribution is -0.141. The Kier molecular flexibility index (Phi) is 2.89. The fraction of sp³-hybridized carbons (Fsp3) is 0.625. The Hall–Kier alpha value is -1.26. The van der Waals surface area contributed by atoms with Crippen LogP contribution >= 0.6 is 0 Å². The minimum atomic E-state index is -4.31. The van der Waals surface area contributed by atoms with Gasteiger partial charge in [0.25, 0.3) is 0 Å². The molecule has 0 radical (unpaired) electrons. The predicted molar refractivity (Wildman–Crippen MR) is 71.0 cm³/mol. The Morgan fingerprint density at radius 1 is 1.14 bits per heavy atom. The van der Waals surface area contributed by atoms with Crippen molar-refractivity contribution in [3.8, 4) is 5.75 Å². The summed E-state index contributed by atoms with van der Waals surface area (Å²) in [4.78, 5) is 0. The molecule has 0 atom stereocenters. The van der Waals surface area contributed by atoms with Gasteiger partial charge in [-0.2, -0.15) is 13.2 Å². The van der Waals surface area contributed by atoms with Crippen molar-refractivity contribution in [2.75, 3.05) is 0 Å². The van der Waals surface area contributed by atoms with Crippen molar-refractivity contribution in [3.63, 3.8) is 0 Å². The monoisotopic (exact) mass is 302 g/mol. The second-order valence-electron chi connectivity index (χ2n) is 6.89. The number of aromatic hydroxyl groups is 1. The first kappa shape index (κ1) is 14.7. The SMILES string of the molecule is Cc1c(C2(C)CC2)cc(C2(CC(F)(F)F)CC2)c(O)c1F. The maximum absolute atomic E-state index is 14.3. The van der Waals surface area contributed by atoms with E-state index >= 15 is 0 Å². The van der Waals surface area contributed by atoms with E-state index in [0.29, 0.717) is 18.4 Å². The molecule has 1 N–H and O–H groups in total. The number of phenolic OH excluding ortho intramolecular Hbond substituents is 1. The first-order chi connectivity index (χ1) is 9.58. The molecule has 5 heteroatoms. The smallest absolute Gasteiger partial charge is 0.389 e. The third-order valence-electron chi connectivity index (χ3n) is 5.10. The standard InChI is InChI=1S/C16H18F4O/c1-9-10(14(2)3-4-14)7-11(13(21)12(9)17)15(5-6-15)8-16(18,19)20/h7,21H,3-6,8H2,1-2H3. The van der Waals surface area contributed by atoms with Crippen LogP contribution in [0.4, 0.5) is 17.6 Å². The van der Waals surface area contributed by atoms with Gasteiger partial charge in [0.05, 0.1) is 6.42 Å². The zero-order valence-corrected chi connectivity index (χ0v) is 12.1. The number of rotatable bonds is 3. The molecule has 2 aliphatic rings. The van der Waals surface area contributed by atoms with Gasteiger partial charge in [-0.1, -0.05) is 13.0 Å². The molecule has 0 aromatic heterocycles. The van der Waals surface area contributed by atoms with Crippen LogP contribution in [-0.2, 0) is 10.8 Å². The second kappa shape index (κ2) is 4.14. The van der Waals surface area contributed by atoms with Gasteiger partial charge in [-0.25, -0.2) is 4.39 Å².